The number of rotatable bonds is 0. The first-order valence-corrected chi connectivity index (χ1v) is 4.86. The van der Waals surface area contributed by atoms with Crippen molar-refractivity contribution in [2.24, 2.45) is 5.92 Å². The highest BCUT2D eigenvalue weighted by Gasteiger charge is 2.39. The molecule has 0 saturated carbocycles. The topological polar surface area (TPSA) is 55.8 Å². The van der Waals surface area contributed by atoms with Crippen LogP contribution in [0.5, 0.6) is 0 Å². The molecular weight excluding hydrogens is 198 g/mol. The predicted octanol–water partition coefficient (Wildman–Crippen LogP) is 1.25. The lowest BCUT2D eigenvalue weighted by Crippen LogP contribution is -2.47. The number of amides is 1. The zero-order valence-electron chi connectivity index (χ0n) is 8.73. The van der Waals surface area contributed by atoms with Gasteiger partial charge in [0.1, 0.15) is 0 Å². The maximum atomic E-state index is 11.4. The molecular formula is C10H13NO4. The normalized spacial score (nSPS) is 29.3. The van der Waals surface area contributed by atoms with Crippen LogP contribution in [-0.2, 0) is 14.3 Å². The largest absolute Gasteiger partial charge is 0.452 e. The Morgan fingerprint density at radius 1 is 1.67 bits per heavy atom. The van der Waals surface area contributed by atoms with Gasteiger partial charge in [-0.25, -0.2) is 9.69 Å². The fourth-order valence-electron chi connectivity index (χ4n) is 1.98. The summed E-state index contributed by atoms with van der Waals surface area (Å²) in [4.78, 5) is 24.0. The van der Waals surface area contributed by atoms with Gasteiger partial charge in [-0.1, -0.05) is 5.57 Å². The van der Waals surface area contributed by atoms with Crippen molar-refractivity contribution in [3.05, 3.63) is 11.8 Å². The Morgan fingerprint density at radius 2 is 2.40 bits per heavy atom. The zero-order valence-corrected chi connectivity index (χ0v) is 8.73. The molecule has 2 aliphatic heterocycles. The number of hydrogen-bond acceptors (Lipinski definition) is 4. The summed E-state index contributed by atoms with van der Waals surface area (Å²) >= 11 is 0. The van der Waals surface area contributed by atoms with E-state index in [2.05, 4.69) is 4.74 Å². The molecule has 2 aliphatic rings. The molecule has 2 atom stereocenters. The van der Waals surface area contributed by atoms with Gasteiger partial charge in [-0.15, -0.1) is 0 Å². The molecule has 82 valence electrons. The molecule has 1 saturated heterocycles. The van der Waals surface area contributed by atoms with E-state index in [1.807, 2.05) is 6.92 Å². The van der Waals surface area contributed by atoms with Crippen LogP contribution in [0.15, 0.2) is 11.8 Å². The fourth-order valence-corrected chi connectivity index (χ4v) is 1.98. The minimum Gasteiger partial charge on any atom is -0.452 e. The molecule has 0 unspecified atom stereocenters. The van der Waals surface area contributed by atoms with Crippen molar-refractivity contribution < 1.29 is 19.1 Å². The maximum absolute atomic E-state index is 11.4. The van der Waals surface area contributed by atoms with E-state index in [-0.39, 0.29) is 11.9 Å². The third-order valence-corrected chi connectivity index (χ3v) is 2.85. The smallest absolute Gasteiger partial charge is 0.416 e. The monoisotopic (exact) mass is 211 g/mol. The predicted molar refractivity (Wildman–Crippen MR) is 50.6 cm³/mol. The van der Waals surface area contributed by atoms with Gasteiger partial charge in [0.25, 0.3) is 0 Å². The molecule has 1 fully saturated rings. The molecule has 0 aromatic carbocycles. The van der Waals surface area contributed by atoms with E-state index in [0.717, 1.165) is 5.57 Å². The molecule has 2 rings (SSSR count). The first-order chi connectivity index (χ1) is 7.11. The summed E-state index contributed by atoms with van der Waals surface area (Å²) in [5.74, 6) is -0.0465. The molecule has 1 amide bonds. The quantitative estimate of drug-likeness (QED) is 0.566. The maximum Gasteiger partial charge on any atom is 0.416 e. The summed E-state index contributed by atoms with van der Waals surface area (Å²) in [6.07, 6.45) is 1.80. The van der Waals surface area contributed by atoms with Gasteiger partial charge in [0.15, 0.2) is 6.23 Å². The lowest BCUT2D eigenvalue weighted by molar-refractivity contribution is -0.165. The first kappa shape index (κ1) is 10.0. The Bertz CT molecular complexity index is 336. The van der Waals surface area contributed by atoms with Crippen molar-refractivity contribution in [2.45, 2.75) is 26.0 Å². The summed E-state index contributed by atoms with van der Waals surface area (Å²) in [6, 6.07) is 0. The highest BCUT2D eigenvalue weighted by molar-refractivity contribution is 5.74. The van der Waals surface area contributed by atoms with Crippen molar-refractivity contribution in [1.29, 1.82) is 0 Å². The molecule has 0 radical (unpaired) electrons. The van der Waals surface area contributed by atoms with Gasteiger partial charge >= 0.3 is 12.1 Å². The third-order valence-electron chi connectivity index (χ3n) is 2.85. The lowest BCUT2D eigenvalue weighted by atomic mass is 9.88. The molecule has 0 aromatic rings. The number of esters is 1. The van der Waals surface area contributed by atoms with Gasteiger partial charge in [0.2, 0.25) is 0 Å². The van der Waals surface area contributed by atoms with E-state index in [4.69, 9.17) is 4.74 Å². The Balaban J connectivity index is 2.26. The summed E-state index contributed by atoms with van der Waals surface area (Å²) in [7, 11) is 1.31. The van der Waals surface area contributed by atoms with Gasteiger partial charge < -0.3 is 9.47 Å². The number of allylic oxidation sites excluding steroid dienone is 1. The highest BCUT2D eigenvalue weighted by Crippen LogP contribution is 2.34. The second kappa shape index (κ2) is 3.56. The minimum atomic E-state index is -0.493. The summed E-state index contributed by atoms with van der Waals surface area (Å²) in [5.41, 5.74) is 1.02. The number of carbonyl (C=O) groups is 2. The van der Waals surface area contributed by atoms with Gasteiger partial charge in [0, 0.05) is 12.6 Å². The van der Waals surface area contributed by atoms with Crippen LogP contribution >= 0.6 is 0 Å². The van der Waals surface area contributed by atoms with Gasteiger partial charge in [0.05, 0.1) is 13.5 Å². The molecule has 15 heavy (non-hydrogen) atoms. The zero-order chi connectivity index (χ0) is 11.0. The number of carbonyl (C=O) groups excluding carboxylic acids is 2. The SMILES string of the molecule is COC(=O)N1C=C(C)[C@H]2CC(=O)O[C@@H]1C2. The molecule has 0 aromatic heterocycles. The second-order valence-electron chi connectivity index (χ2n) is 3.83. The number of fused-ring (bicyclic) bond motifs is 2. The Morgan fingerprint density at radius 3 is 3.07 bits per heavy atom. The second-order valence-corrected chi connectivity index (χ2v) is 3.83. The van der Waals surface area contributed by atoms with E-state index in [0.29, 0.717) is 12.8 Å². The third kappa shape index (κ3) is 1.69. The van der Waals surface area contributed by atoms with Gasteiger partial charge in [-0.3, -0.25) is 4.79 Å². The average molecular weight is 211 g/mol. The number of ether oxygens (including phenoxy) is 2. The van der Waals surface area contributed by atoms with Crippen LogP contribution < -0.4 is 0 Å². The number of hydrogen-bond donors (Lipinski definition) is 0. The van der Waals surface area contributed by atoms with E-state index >= 15 is 0 Å². The Kier molecular flexibility index (Phi) is 2.38. The van der Waals surface area contributed by atoms with Crippen molar-refractivity contribution >= 4 is 12.1 Å². The van der Waals surface area contributed by atoms with Crippen molar-refractivity contribution in [1.82, 2.24) is 4.90 Å². The molecule has 0 N–H and O–H groups in total. The molecule has 0 spiro atoms. The van der Waals surface area contributed by atoms with Crippen LogP contribution in [0.1, 0.15) is 19.8 Å². The molecule has 2 heterocycles. The van der Waals surface area contributed by atoms with Crippen molar-refractivity contribution in [2.75, 3.05) is 7.11 Å². The Labute approximate surface area is 87.6 Å². The van der Waals surface area contributed by atoms with Gasteiger partial charge in [-0.05, 0) is 12.8 Å². The average Bonchev–Trinajstić information content (AvgIpc) is 2.22. The lowest BCUT2D eigenvalue weighted by Gasteiger charge is -2.38. The highest BCUT2D eigenvalue weighted by atomic mass is 16.6. The first-order valence-electron chi connectivity index (χ1n) is 4.86. The van der Waals surface area contributed by atoms with E-state index in [1.54, 1.807) is 6.20 Å². The summed E-state index contributed by atoms with van der Waals surface area (Å²) in [5, 5.41) is 0. The van der Waals surface area contributed by atoms with Crippen LogP contribution in [0.25, 0.3) is 0 Å². The van der Waals surface area contributed by atoms with Crippen LogP contribution in [-0.4, -0.2) is 30.3 Å². The molecule has 2 bridgehead atoms. The van der Waals surface area contributed by atoms with Crippen LogP contribution in [0.2, 0.25) is 0 Å². The van der Waals surface area contributed by atoms with E-state index in [1.165, 1.54) is 12.0 Å². The summed E-state index contributed by atoms with van der Waals surface area (Å²) in [6.45, 7) is 1.91. The van der Waals surface area contributed by atoms with Crippen molar-refractivity contribution in [3.8, 4) is 0 Å². The van der Waals surface area contributed by atoms with E-state index < -0.39 is 12.3 Å². The van der Waals surface area contributed by atoms with Crippen LogP contribution in [0.3, 0.4) is 0 Å². The molecule has 0 aliphatic carbocycles. The number of nitrogens with zero attached hydrogens (tertiary/aromatic N) is 1. The molecule has 5 heteroatoms. The summed E-state index contributed by atoms with van der Waals surface area (Å²) < 4.78 is 9.70. The van der Waals surface area contributed by atoms with E-state index in [9.17, 15) is 9.59 Å². The molecule has 5 nitrogen and oxygen atoms in total. The fraction of sp³-hybridized carbons (Fsp3) is 0.600. The standard InChI is InChI=1S/C10H13NO4/c1-6-5-11(10(13)14-2)8-3-7(6)4-9(12)15-8/h5,7-8H,3-4H2,1-2H3/t7-,8-/m1/s1. The Hall–Kier alpha value is -1.52. The number of methoxy groups -OCH3 is 1. The van der Waals surface area contributed by atoms with Crippen LogP contribution in [0.4, 0.5) is 4.79 Å². The van der Waals surface area contributed by atoms with Crippen LogP contribution in [0, 0.1) is 5.92 Å². The minimum absolute atomic E-state index is 0.206. The van der Waals surface area contributed by atoms with Gasteiger partial charge in [-0.2, -0.15) is 0 Å². The van der Waals surface area contributed by atoms with Crippen molar-refractivity contribution in [3.63, 3.8) is 0 Å².